The van der Waals surface area contributed by atoms with Crippen LogP contribution in [0.25, 0.3) is 45.7 Å². The third kappa shape index (κ3) is 5.42. The zero-order valence-corrected chi connectivity index (χ0v) is 20.0. The van der Waals surface area contributed by atoms with Crippen LogP contribution in [0.1, 0.15) is 0 Å². The largest absolute Gasteiger partial charge is 0.693 e. The van der Waals surface area contributed by atoms with Gasteiger partial charge in [0.15, 0.2) is 0 Å². The Hall–Kier alpha value is -2.47. The molecule has 0 saturated heterocycles. The summed E-state index contributed by atoms with van der Waals surface area (Å²) in [6, 6.07) is 28.4. The monoisotopic (exact) mass is 633 g/mol. The molecular formula is C22H20Cl2N6Pt-3. The zero-order chi connectivity index (χ0) is 19.3. The first-order chi connectivity index (χ1) is 13.9. The molecule has 6 aromatic rings. The summed E-state index contributed by atoms with van der Waals surface area (Å²) >= 11 is 1.61. The second-order valence-electron chi connectivity index (χ2n) is 6.06. The second kappa shape index (κ2) is 12.4. The average molecular weight is 634 g/mol. The maximum absolute atomic E-state index is 4.61. The molecule has 2 aromatic carbocycles. The van der Waals surface area contributed by atoms with Gasteiger partial charge in [0.05, 0.1) is 22.1 Å². The first-order valence-corrected chi connectivity index (χ1v) is 11.5. The third-order valence-corrected chi connectivity index (χ3v) is 4.43. The maximum Gasteiger partial charge on any atom is 0.137 e. The van der Waals surface area contributed by atoms with Crippen molar-refractivity contribution in [3.8, 4) is 0 Å². The SMILES string of the molecule is [Cl-].[Cl][Pt].[NH2-].[NH2-].c1ccc2c(c1)nc1ccccn12.c1ccc2c(c1)nc1ccccn12. The van der Waals surface area contributed by atoms with Gasteiger partial charge < -0.3 is 24.7 Å². The Morgan fingerprint density at radius 3 is 1.32 bits per heavy atom. The summed E-state index contributed by atoms with van der Waals surface area (Å²) in [5, 5.41) is 0. The van der Waals surface area contributed by atoms with E-state index in [0.29, 0.717) is 0 Å². The van der Waals surface area contributed by atoms with Crippen LogP contribution in [0.4, 0.5) is 0 Å². The quantitative estimate of drug-likeness (QED) is 0.251. The van der Waals surface area contributed by atoms with Gasteiger partial charge in [0.1, 0.15) is 11.3 Å². The van der Waals surface area contributed by atoms with E-state index in [4.69, 9.17) is 0 Å². The van der Waals surface area contributed by atoms with Gasteiger partial charge in [0.2, 0.25) is 0 Å². The maximum atomic E-state index is 4.61. The van der Waals surface area contributed by atoms with Gasteiger partial charge >= 0.3 is 28.2 Å². The van der Waals surface area contributed by atoms with E-state index in [-0.39, 0.29) is 24.7 Å². The molecule has 0 bridgehead atoms. The number of pyridine rings is 2. The standard InChI is InChI=1S/2C11H8N2.2ClH.2H2N.Pt/c2*1-2-6-10-9(5-1)12-11-7-3-4-8-13(10)11;;;;;/h2*1-8H;2*1H;2*1H2;/q;;;;2*-1;+1/p-2. The summed E-state index contributed by atoms with van der Waals surface area (Å²) in [6.45, 7) is 0. The molecule has 0 saturated carbocycles. The van der Waals surface area contributed by atoms with Crippen LogP contribution < -0.4 is 12.4 Å². The molecule has 0 aliphatic heterocycles. The van der Waals surface area contributed by atoms with Crippen LogP contribution in [0, 0.1) is 0 Å². The van der Waals surface area contributed by atoms with E-state index in [9.17, 15) is 0 Å². The van der Waals surface area contributed by atoms with Gasteiger partial charge in [0, 0.05) is 12.4 Å². The number of nitrogens with zero attached hydrogens (tertiary/aromatic N) is 4. The molecule has 0 amide bonds. The predicted octanol–water partition coefficient (Wildman–Crippen LogP) is 4.10. The van der Waals surface area contributed by atoms with Crippen LogP contribution in [0.2, 0.25) is 0 Å². The van der Waals surface area contributed by atoms with Crippen LogP contribution in [-0.4, -0.2) is 18.8 Å². The second-order valence-corrected chi connectivity index (χ2v) is 6.06. The predicted molar refractivity (Wildman–Crippen MR) is 122 cm³/mol. The number of nitrogens with two attached hydrogens (primary N) is 2. The van der Waals surface area contributed by atoms with E-state index in [0.717, 1.165) is 33.4 Å². The molecule has 0 aliphatic carbocycles. The van der Waals surface area contributed by atoms with E-state index in [1.165, 1.54) is 0 Å². The number of para-hydroxylation sites is 4. The first kappa shape index (κ1) is 26.6. The van der Waals surface area contributed by atoms with Crippen molar-refractivity contribution < 1.29 is 31.2 Å². The van der Waals surface area contributed by atoms with Gasteiger partial charge in [-0.15, -0.1) is 0 Å². The Kier molecular flexibility index (Phi) is 10.6. The van der Waals surface area contributed by atoms with Crippen molar-refractivity contribution in [1.29, 1.82) is 0 Å². The average Bonchev–Trinajstić information content (AvgIpc) is 3.34. The number of hydrogen-bond acceptors (Lipinski definition) is 2. The molecule has 9 heteroatoms. The molecule has 0 atom stereocenters. The summed E-state index contributed by atoms with van der Waals surface area (Å²) in [5.74, 6) is 0. The fraction of sp³-hybridized carbons (Fsp3) is 0. The molecule has 0 unspecified atom stereocenters. The summed E-state index contributed by atoms with van der Waals surface area (Å²) in [5.41, 5.74) is 6.44. The van der Waals surface area contributed by atoms with Gasteiger partial charge in [-0.05, 0) is 48.5 Å². The summed E-state index contributed by atoms with van der Waals surface area (Å²) < 4.78 is 4.19. The molecule has 31 heavy (non-hydrogen) atoms. The molecular weight excluding hydrogens is 614 g/mol. The van der Waals surface area contributed by atoms with Crippen molar-refractivity contribution in [2.24, 2.45) is 0 Å². The Balaban J connectivity index is 0.000000264. The smallest absolute Gasteiger partial charge is 0.137 e. The molecule has 0 radical (unpaired) electrons. The number of aromatic nitrogens is 4. The Morgan fingerprint density at radius 2 is 0.903 bits per heavy atom. The van der Waals surface area contributed by atoms with E-state index in [1.54, 1.807) is 18.8 Å². The number of hydrogen-bond donors (Lipinski definition) is 0. The van der Waals surface area contributed by atoms with Crippen LogP contribution in [0.3, 0.4) is 0 Å². The van der Waals surface area contributed by atoms with Crippen molar-refractivity contribution in [2.45, 2.75) is 0 Å². The van der Waals surface area contributed by atoms with Gasteiger partial charge in [-0.25, -0.2) is 9.97 Å². The van der Waals surface area contributed by atoms with Gasteiger partial charge in [-0.3, -0.25) is 8.80 Å². The van der Waals surface area contributed by atoms with E-state index >= 15 is 0 Å². The summed E-state index contributed by atoms with van der Waals surface area (Å²) in [4.78, 5) is 8.96. The Labute approximate surface area is 201 Å². The van der Waals surface area contributed by atoms with Crippen molar-refractivity contribution in [3.63, 3.8) is 0 Å². The molecule has 0 aliphatic rings. The van der Waals surface area contributed by atoms with E-state index in [1.807, 2.05) is 85.2 Å². The first-order valence-electron chi connectivity index (χ1n) is 8.66. The topological polar surface area (TPSA) is 102 Å². The number of halogens is 2. The third-order valence-electron chi connectivity index (χ3n) is 4.43. The number of rotatable bonds is 0. The molecule has 165 valence electrons. The normalized spacial score (nSPS) is 9.52. The summed E-state index contributed by atoms with van der Waals surface area (Å²) in [6.07, 6.45) is 4.06. The fourth-order valence-corrected chi connectivity index (χ4v) is 3.23. The van der Waals surface area contributed by atoms with Crippen molar-refractivity contribution >= 4 is 42.8 Å². The molecule has 4 aromatic heterocycles. The van der Waals surface area contributed by atoms with E-state index in [2.05, 4.69) is 40.3 Å². The van der Waals surface area contributed by atoms with Crippen molar-refractivity contribution in [3.05, 3.63) is 110 Å². The Bertz CT molecular complexity index is 1160. The van der Waals surface area contributed by atoms with E-state index < -0.39 is 0 Å². The number of fused-ring (bicyclic) bond motifs is 6. The Morgan fingerprint density at radius 1 is 0.548 bits per heavy atom. The van der Waals surface area contributed by atoms with Crippen LogP contribution in [-0.2, 0) is 18.8 Å². The number of benzene rings is 2. The summed E-state index contributed by atoms with van der Waals surface area (Å²) in [7, 11) is 4.61. The fourth-order valence-electron chi connectivity index (χ4n) is 3.23. The van der Waals surface area contributed by atoms with Gasteiger partial charge in [-0.2, -0.15) is 0 Å². The minimum Gasteiger partial charge on any atom is -0.693 e. The molecule has 0 fully saturated rings. The number of imidazole rings is 2. The van der Waals surface area contributed by atoms with Gasteiger partial charge in [0.25, 0.3) is 0 Å². The zero-order valence-electron chi connectivity index (χ0n) is 16.3. The molecule has 4 heterocycles. The van der Waals surface area contributed by atoms with Crippen LogP contribution in [0.5, 0.6) is 0 Å². The van der Waals surface area contributed by atoms with Gasteiger partial charge in [-0.1, -0.05) is 36.4 Å². The van der Waals surface area contributed by atoms with Crippen molar-refractivity contribution in [1.82, 2.24) is 18.8 Å². The van der Waals surface area contributed by atoms with Crippen LogP contribution >= 0.6 is 9.42 Å². The van der Waals surface area contributed by atoms with Crippen LogP contribution in [0.15, 0.2) is 97.3 Å². The molecule has 0 spiro atoms. The van der Waals surface area contributed by atoms with Crippen molar-refractivity contribution in [2.75, 3.05) is 0 Å². The minimum atomic E-state index is 0. The molecule has 4 N–H and O–H groups in total. The minimum absolute atomic E-state index is 0. The molecule has 6 rings (SSSR count). The molecule has 6 nitrogen and oxygen atoms in total.